The Morgan fingerprint density at radius 1 is 1.44 bits per heavy atom. The molecule has 1 rings (SSSR count). The summed E-state index contributed by atoms with van der Waals surface area (Å²) in [4.78, 5) is 11.4. The van der Waals surface area contributed by atoms with E-state index < -0.39 is 0 Å². The maximum atomic E-state index is 12.7. The molecule has 0 heterocycles. The topological polar surface area (TPSA) is 64.3 Å². The number of amides is 1. The highest BCUT2D eigenvalue weighted by molar-refractivity contribution is 5.77. The SMILES string of the molecule is CC(Cc1ccc(F)cc1)NC(=O)COCCN. The second-order valence-corrected chi connectivity index (χ2v) is 4.14. The monoisotopic (exact) mass is 254 g/mol. The maximum Gasteiger partial charge on any atom is 0.246 e. The van der Waals surface area contributed by atoms with Crippen molar-refractivity contribution in [3.05, 3.63) is 35.6 Å². The lowest BCUT2D eigenvalue weighted by atomic mass is 10.1. The average molecular weight is 254 g/mol. The summed E-state index contributed by atoms with van der Waals surface area (Å²) in [5, 5.41) is 2.80. The first-order chi connectivity index (χ1) is 8.61. The van der Waals surface area contributed by atoms with Crippen LogP contribution in [0.1, 0.15) is 12.5 Å². The number of carbonyl (C=O) groups is 1. The summed E-state index contributed by atoms with van der Waals surface area (Å²) >= 11 is 0. The van der Waals surface area contributed by atoms with Gasteiger partial charge in [0, 0.05) is 12.6 Å². The molecule has 0 saturated heterocycles. The average Bonchev–Trinajstić information content (AvgIpc) is 2.32. The number of halogens is 1. The first-order valence-corrected chi connectivity index (χ1v) is 5.93. The first kappa shape index (κ1) is 14.6. The van der Waals surface area contributed by atoms with Crippen LogP contribution in [0.4, 0.5) is 4.39 Å². The Labute approximate surface area is 106 Å². The first-order valence-electron chi connectivity index (χ1n) is 5.93. The van der Waals surface area contributed by atoms with Gasteiger partial charge in [0.25, 0.3) is 0 Å². The molecule has 1 aromatic rings. The fraction of sp³-hybridized carbons (Fsp3) is 0.462. The van der Waals surface area contributed by atoms with Gasteiger partial charge in [0.15, 0.2) is 0 Å². The number of nitrogens with two attached hydrogens (primary N) is 1. The van der Waals surface area contributed by atoms with Gasteiger partial charge in [0.2, 0.25) is 5.91 Å². The van der Waals surface area contributed by atoms with Crippen molar-refractivity contribution in [2.24, 2.45) is 5.73 Å². The molecule has 3 N–H and O–H groups in total. The molecule has 1 unspecified atom stereocenters. The minimum atomic E-state index is -0.259. The van der Waals surface area contributed by atoms with E-state index in [1.54, 1.807) is 12.1 Å². The van der Waals surface area contributed by atoms with Gasteiger partial charge in [0.1, 0.15) is 12.4 Å². The van der Waals surface area contributed by atoms with Gasteiger partial charge in [-0.3, -0.25) is 4.79 Å². The van der Waals surface area contributed by atoms with E-state index in [4.69, 9.17) is 10.5 Å². The Kier molecular flexibility index (Phi) is 6.32. The molecule has 1 aromatic carbocycles. The summed E-state index contributed by atoms with van der Waals surface area (Å²) in [6, 6.07) is 6.22. The van der Waals surface area contributed by atoms with E-state index in [1.165, 1.54) is 12.1 Å². The Bertz CT molecular complexity index is 368. The largest absolute Gasteiger partial charge is 0.370 e. The smallest absolute Gasteiger partial charge is 0.246 e. The van der Waals surface area contributed by atoms with Crippen molar-refractivity contribution in [3.8, 4) is 0 Å². The molecule has 0 aliphatic carbocycles. The molecule has 0 saturated carbocycles. The zero-order chi connectivity index (χ0) is 13.4. The Morgan fingerprint density at radius 3 is 2.72 bits per heavy atom. The molecule has 18 heavy (non-hydrogen) atoms. The molecular weight excluding hydrogens is 235 g/mol. The van der Waals surface area contributed by atoms with Crippen LogP contribution in [-0.2, 0) is 16.0 Å². The molecule has 0 fully saturated rings. The molecule has 0 bridgehead atoms. The molecule has 100 valence electrons. The summed E-state index contributed by atoms with van der Waals surface area (Å²) in [5.41, 5.74) is 6.22. The summed E-state index contributed by atoms with van der Waals surface area (Å²) in [6.45, 7) is 2.69. The van der Waals surface area contributed by atoms with Gasteiger partial charge in [-0.1, -0.05) is 12.1 Å². The predicted octanol–water partition coefficient (Wildman–Crippen LogP) is 0.848. The van der Waals surface area contributed by atoms with Gasteiger partial charge in [-0.05, 0) is 31.0 Å². The van der Waals surface area contributed by atoms with Crippen molar-refractivity contribution in [1.82, 2.24) is 5.32 Å². The molecule has 1 atom stereocenters. The second-order valence-electron chi connectivity index (χ2n) is 4.14. The van der Waals surface area contributed by atoms with E-state index in [0.29, 0.717) is 19.6 Å². The number of ether oxygens (including phenoxy) is 1. The van der Waals surface area contributed by atoms with E-state index in [9.17, 15) is 9.18 Å². The maximum absolute atomic E-state index is 12.7. The van der Waals surface area contributed by atoms with Crippen LogP contribution < -0.4 is 11.1 Å². The summed E-state index contributed by atoms with van der Waals surface area (Å²) < 4.78 is 17.7. The van der Waals surface area contributed by atoms with Crippen LogP contribution in [-0.4, -0.2) is 31.7 Å². The minimum absolute atomic E-state index is 0.0188. The van der Waals surface area contributed by atoms with Crippen molar-refractivity contribution in [2.45, 2.75) is 19.4 Å². The lowest BCUT2D eigenvalue weighted by Crippen LogP contribution is -2.36. The van der Waals surface area contributed by atoms with Crippen LogP contribution in [0, 0.1) is 5.82 Å². The standard InChI is InChI=1S/C13H19FN2O2/c1-10(16-13(17)9-18-7-6-15)8-11-2-4-12(14)5-3-11/h2-5,10H,6-9,15H2,1H3,(H,16,17). The highest BCUT2D eigenvalue weighted by atomic mass is 19.1. The minimum Gasteiger partial charge on any atom is -0.370 e. The van der Waals surface area contributed by atoms with Crippen LogP contribution in [0.15, 0.2) is 24.3 Å². The number of hydrogen-bond donors (Lipinski definition) is 2. The third-order valence-electron chi connectivity index (χ3n) is 2.36. The molecule has 1 amide bonds. The Morgan fingerprint density at radius 2 is 2.11 bits per heavy atom. The quantitative estimate of drug-likeness (QED) is 0.709. The van der Waals surface area contributed by atoms with Gasteiger partial charge < -0.3 is 15.8 Å². The lowest BCUT2D eigenvalue weighted by molar-refractivity contribution is -0.126. The molecule has 0 aliphatic rings. The van der Waals surface area contributed by atoms with E-state index in [2.05, 4.69) is 5.32 Å². The molecule has 0 aliphatic heterocycles. The fourth-order valence-electron chi connectivity index (χ4n) is 1.59. The third-order valence-corrected chi connectivity index (χ3v) is 2.36. The molecule has 4 nitrogen and oxygen atoms in total. The van der Waals surface area contributed by atoms with Gasteiger partial charge in [-0.15, -0.1) is 0 Å². The number of nitrogens with one attached hydrogen (secondary N) is 1. The summed E-state index contributed by atoms with van der Waals surface area (Å²) in [7, 11) is 0. The second kappa shape index (κ2) is 7.79. The molecule has 0 aromatic heterocycles. The molecule has 0 spiro atoms. The highest BCUT2D eigenvalue weighted by Gasteiger charge is 2.08. The van der Waals surface area contributed by atoms with Crippen LogP contribution in [0.5, 0.6) is 0 Å². The number of hydrogen-bond acceptors (Lipinski definition) is 3. The zero-order valence-electron chi connectivity index (χ0n) is 10.5. The van der Waals surface area contributed by atoms with Gasteiger partial charge >= 0.3 is 0 Å². The van der Waals surface area contributed by atoms with Crippen molar-refractivity contribution < 1.29 is 13.9 Å². The predicted molar refractivity (Wildman–Crippen MR) is 67.6 cm³/mol. The summed E-state index contributed by atoms with van der Waals surface area (Å²) in [6.07, 6.45) is 0.656. The molecule has 0 radical (unpaired) electrons. The van der Waals surface area contributed by atoms with Gasteiger partial charge in [-0.2, -0.15) is 0 Å². The fourth-order valence-corrected chi connectivity index (χ4v) is 1.59. The van der Waals surface area contributed by atoms with Crippen LogP contribution in [0.3, 0.4) is 0 Å². The Hall–Kier alpha value is -1.46. The van der Waals surface area contributed by atoms with Crippen LogP contribution >= 0.6 is 0 Å². The number of carbonyl (C=O) groups excluding carboxylic acids is 1. The van der Waals surface area contributed by atoms with Crippen molar-refractivity contribution in [2.75, 3.05) is 19.8 Å². The van der Waals surface area contributed by atoms with E-state index >= 15 is 0 Å². The molecular formula is C13H19FN2O2. The zero-order valence-corrected chi connectivity index (χ0v) is 10.5. The van der Waals surface area contributed by atoms with Gasteiger partial charge in [-0.25, -0.2) is 4.39 Å². The Balaban J connectivity index is 2.30. The van der Waals surface area contributed by atoms with E-state index in [0.717, 1.165) is 5.56 Å². The van der Waals surface area contributed by atoms with Crippen molar-refractivity contribution in [3.63, 3.8) is 0 Å². The van der Waals surface area contributed by atoms with Crippen LogP contribution in [0.25, 0.3) is 0 Å². The normalized spacial score (nSPS) is 12.2. The number of rotatable bonds is 7. The van der Waals surface area contributed by atoms with E-state index in [1.807, 2.05) is 6.92 Å². The molecule has 5 heteroatoms. The van der Waals surface area contributed by atoms with Crippen LogP contribution in [0.2, 0.25) is 0 Å². The van der Waals surface area contributed by atoms with E-state index in [-0.39, 0.29) is 24.4 Å². The van der Waals surface area contributed by atoms with Gasteiger partial charge in [0.05, 0.1) is 6.61 Å². The van der Waals surface area contributed by atoms with Crippen molar-refractivity contribution in [1.29, 1.82) is 0 Å². The van der Waals surface area contributed by atoms with Crippen molar-refractivity contribution >= 4 is 5.91 Å². The number of benzene rings is 1. The highest BCUT2D eigenvalue weighted by Crippen LogP contribution is 2.05. The third kappa shape index (κ3) is 5.75. The summed E-state index contributed by atoms with van der Waals surface area (Å²) in [5.74, 6) is -0.427. The lowest BCUT2D eigenvalue weighted by Gasteiger charge is -2.14.